The molecule has 0 spiro atoms. The maximum atomic E-state index is 12.9. The van der Waals surface area contributed by atoms with Crippen molar-refractivity contribution in [3.8, 4) is 0 Å². The Labute approximate surface area is 401 Å². The summed E-state index contributed by atoms with van der Waals surface area (Å²) in [5.74, 6) is -0.104. The van der Waals surface area contributed by atoms with Gasteiger partial charge in [-0.1, -0.05) is 12.8 Å². The summed E-state index contributed by atoms with van der Waals surface area (Å²) in [7, 11) is -14.8. The first-order chi connectivity index (χ1) is 33.2. The van der Waals surface area contributed by atoms with Gasteiger partial charge in [0, 0.05) is 68.3 Å². The maximum Gasteiger partial charge on any atom is 0.470 e. The van der Waals surface area contributed by atoms with Crippen LogP contribution in [0.1, 0.15) is 82.7 Å². The lowest BCUT2D eigenvalue weighted by molar-refractivity contribution is -0.700. The minimum atomic E-state index is -5.25. The predicted octanol–water partition coefficient (Wildman–Crippen LogP) is 3.26. The molecule has 1 aliphatic rings. The molecule has 70 heavy (non-hydrogen) atoms. The van der Waals surface area contributed by atoms with E-state index in [0.29, 0.717) is 68.6 Å². The summed E-state index contributed by atoms with van der Waals surface area (Å²) in [4.78, 5) is 77.5. The molecule has 382 valence electrons. The number of imidazole rings is 1. The first-order valence-corrected chi connectivity index (χ1v) is 26.9. The largest absolute Gasteiger partial charge is 0.470 e. The number of pyridine rings is 1. The highest BCUT2D eigenvalue weighted by atomic mass is 32.2. The average Bonchev–Trinajstić information content (AvgIpc) is 3.81. The Kier molecular flexibility index (Phi) is 18.4. The minimum absolute atomic E-state index is 0.0386. The van der Waals surface area contributed by atoms with Gasteiger partial charge in [0.1, 0.15) is 36.8 Å². The second kappa shape index (κ2) is 23.8. The zero-order chi connectivity index (χ0) is 50.8. The summed E-state index contributed by atoms with van der Waals surface area (Å²) >= 11 is 0. The number of aliphatic hydroxyl groups is 1. The number of unbranched alkanes of at least 4 members (excludes halogenated alkanes) is 5. The number of hydrogen-bond donors (Lipinski definition) is 9. The molecular weight excluding hydrogens is 981 g/mol. The van der Waals surface area contributed by atoms with Crippen LogP contribution in [0.5, 0.6) is 0 Å². The number of amides is 1. The van der Waals surface area contributed by atoms with Crippen molar-refractivity contribution in [1.29, 1.82) is 0 Å². The van der Waals surface area contributed by atoms with E-state index in [1.54, 1.807) is 22.8 Å². The highest BCUT2D eigenvalue weighted by Crippen LogP contribution is 2.47. The van der Waals surface area contributed by atoms with Crippen molar-refractivity contribution in [1.82, 2.24) is 24.8 Å². The van der Waals surface area contributed by atoms with Gasteiger partial charge in [0.05, 0.1) is 12.2 Å². The summed E-state index contributed by atoms with van der Waals surface area (Å²) in [5.41, 5.74) is 7.91. The number of aryl methyl sites for hydroxylation is 1. The fourth-order valence-electron chi connectivity index (χ4n) is 7.89. The Morgan fingerprint density at radius 1 is 0.971 bits per heavy atom. The monoisotopic (exact) mass is 1040 g/mol. The summed E-state index contributed by atoms with van der Waals surface area (Å²) in [5, 5.41) is 17.6. The number of aliphatic hydroxyl groups excluding tert-OH is 1. The Hall–Kier alpha value is -5.21. The number of nitrogen functional groups attached to an aromatic ring is 1. The van der Waals surface area contributed by atoms with Gasteiger partial charge in [0.2, 0.25) is 17.5 Å². The molecule has 6 rings (SSSR count). The smallest absolute Gasteiger partial charge is 0.422 e. The molecular formula is C42H58N9O16P2S+. The third-order valence-corrected chi connectivity index (χ3v) is 13.2. The van der Waals surface area contributed by atoms with Gasteiger partial charge in [-0.05, 0) is 69.9 Å². The van der Waals surface area contributed by atoms with E-state index in [1.165, 1.54) is 22.9 Å². The molecule has 28 heteroatoms. The number of phosphoric ester groups is 2. The van der Waals surface area contributed by atoms with Crippen molar-refractivity contribution in [2.24, 2.45) is 0 Å². The fraction of sp³-hybridized carbons (Fsp3) is 0.476. The molecule has 0 radical (unpaired) electrons. The summed E-state index contributed by atoms with van der Waals surface area (Å²) in [6, 6.07) is 10.2. The molecule has 1 saturated heterocycles. The first kappa shape index (κ1) is 54.1. The number of nitrogens with zero attached hydrogens (tertiary/aromatic N) is 6. The standard InChI is InChI=1S/C42H57N9O16P2S/c1-3-49(4-2)30-16-13-27-22-28(41(54)66-32(27)23-30)14-15-29-17-18-31(70(61,62)63)24-50(29)21-11-7-8-12-34(52)44-19-9-5-6-10-20-45-42-48-35-38(43)46-26-47-39(35)51(42)40-37(67-69(58,59)60)36(53)33(65-40)25-64-68(55,56)57/h13-18,22-24,26,33,36-37,40,53H,3-12,19-21,25H2,1-2H3,(H8-,43,44,45,46,47,48,52,55,56,57,58,59,60,61,62,63)/p+1/t33-,36-,37-,40-/m1/s1. The topological polar surface area (TPSA) is 365 Å². The zero-order valence-corrected chi connectivity index (χ0v) is 40.9. The van der Waals surface area contributed by atoms with Gasteiger partial charge in [0.15, 0.2) is 34.3 Å². The van der Waals surface area contributed by atoms with Crippen LogP contribution in [0.15, 0.2) is 63.0 Å². The number of nitrogens with one attached hydrogen (secondary N) is 2. The Balaban J connectivity index is 0.952. The van der Waals surface area contributed by atoms with Crippen molar-refractivity contribution in [3.63, 3.8) is 0 Å². The zero-order valence-electron chi connectivity index (χ0n) is 38.3. The van der Waals surface area contributed by atoms with E-state index in [-0.39, 0.29) is 40.2 Å². The van der Waals surface area contributed by atoms with Crippen LogP contribution in [0.2, 0.25) is 0 Å². The molecule has 5 aromatic rings. The van der Waals surface area contributed by atoms with Gasteiger partial charge in [-0.25, -0.2) is 28.9 Å². The second-order valence-electron chi connectivity index (χ2n) is 16.3. The van der Waals surface area contributed by atoms with Crippen molar-refractivity contribution < 1.29 is 74.3 Å². The van der Waals surface area contributed by atoms with Gasteiger partial charge in [-0.2, -0.15) is 13.0 Å². The number of benzene rings is 1. The first-order valence-electron chi connectivity index (χ1n) is 22.4. The summed E-state index contributed by atoms with van der Waals surface area (Å²) < 4.78 is 80.6. The SMILES string of the molecule is CCN(CC)c1ccc2cc(/C=C/c3ccc(S(=O)(=O)O)c[n+]3CCCCCC(=O)NCCCCCCNc3nc4c(N)ncnc4n3[C@@H]3O[C@H](COP(=O)(O)O)[C@@H](O)[C@H]3OP(=O)(O)O)c(=O)oc2c1. The van der Waals surface area contributed by atoms with Gasteiger partial charge in [-0.3, -0.25) is 23.0 Å². The lowest BCUT2D eigenvalue weighted by atomic mass is 10.1. The van der Waals surface area contributed by atoms with Crippen molar-refractivity contribution >= 4 is 83.4 Å². The van der Waals surface area contributed by atoms with E-state index in [0.717, 1.165) is 43.3 Å². The molecule has 10 N–H and O–H groups in total. The van der Waals surface area contributed by atoms with E-state index in [9.17, 15) is 56.4 Å². The number of fused-ring (bicyclic) bond motifs is 2. The quantitative estimate of drug-likeness (QED) is 0.0126. The van der Waals surface area contributed by atoms with Crippen molar-refractivity contribution in [2.75, 3.05) is 48.7 Å². The van der Waals surface area contributed by atoms with Gasteiger partial charge < -0.3 is 55.1 Å². The Morgan fingerprint density at radius 3 is 2.40 bits per heavy atom. The number of carbonyl (C=O) groups excluding carboxylic acids is 1. The third kappa shape index (κ3) is 14.7. The lowest BCUT2D eigenvalue weighted by Gasteiger charge is -2.23. The van der Waals surface area contributed by atoms with Crippen LogP contribution in [-0.2, 0) is 44.4 Å². The van der Waals surface area contributed by atoms with Crippen LogP contribution >= 0.6 is 15.6 Å². The van der Waals surface area contributed by atoms with E-state index < -0.39 is 62.5 Å². The minimum Gasteiger partial charge on any atom is -0.422 e. The molecule has 0 unspecified atom stereocenters. The number of aromatic nitrogens is 5. The molecule has 0 saturated carbocycles. The summed E-state index contributed by atoms with van der Waals surface area (Å²) in [6.07, 6.45) is 3.86. The number of rotatable bonds is 26. The van der Waals surface area contributed by atoms with Crippen LogP contribution in [0, 0.1) is 0 Å². The molecule has 0 aliphatic carbocycles. The van der Waals surface area contributed by atoms with Crippen LogP contribution in [-0.4, -0.2) is 114 Å². The average molecular weight is 1040 g/mol. The maximum absolute atomic E-state index is 12.9. The van der Waals surface area contributed by atoms with Crippen molar-refractivity contribution in [3.05, 3.63) is 70.6 Å². The molecule has 4 atom stereocenters. The van der Waals surface area contributed by atoms with Gasteiger partial charge in [-0.15, -0.1) is 0 Å². The van der Waals surface area contributed by atoms with Crippen LogP contribution in [0.4, 0.5) is 17.5 Å². The molecule has 25 nitrogen and oxygen atoms in total. The highest BCUT2D eigenvalue weighted by molar-refractivity contribution is 7.85. The van der Waals surface area contributed by atoms with Crippen LogP contribution in [0.25, 0.3) is 34.3 Å². The van der Waals surface area contributed by atoms with E-state index in [4.69, 9.17) is 19.4 Å². The molecule has 1 fully saturated rings. The van der Waals surface area contributed by atoms with Gasteiger partial charge in [0.25, 0.3) is 10.1 Å². The van der Waals surface area contributed by atoms with Crippen LogP contribution in [0.3, 0.4) is 0 Å². The molecule has 5 heterocycles. The lowest BCUT2D eigenvalue weighted by Crippen LogP contribution is -2.37. The Bertz CT molecular complexity index is 2920. The molecule has 4 aromatic heterocycles. The van der Waals surface area contributed by atoms with Gasteiger partial charge >= 0.3 is 21.3 Å². The van der Waals surface area contributed by atoms with E-state index in [2.05, 4.69) is 35.0 Å². The number of nitrogens with two attached hydrogens (primary N) is 1. The summed E-state index contributed by atoms with van der Waals surface area (Å²) in [6.45, 7) is 5.96. The highest BCUT2D eigenvalue weighted by Gasteiger charge is 2.50. The second-order valence-corrected chi connectivity index (χ2v) is 20.2. The fourth-order valence-corrected chi connectivity index (χ4v) is 9.28. The predicted molar refractivity (Wildman–Crippen MR) is 254 cm³/mol. The Morgan fingerprint density at radius 2 is 1.70 bits per heavy atom. The molecule has 0 bridgehead atoms. The van der Waals surface area contributed by atoms with Crippen molar-refractivity contribution in [2.45, 2.75) is 101 Å². The third-order valence-electron chi connectivity index (χ3n) is 11.4. The van der Waals surface area contributed by atoms with E-state index in [1.807, 2.05) is 32.0 Å². The van der Waals surface area contributed by atoms with E-state index >= 15 is 0 Å². The number of ether oxygens (including phenoxy) is 1. The number of anilines is 3. The number of phosphoric acid groups is 2. The normalized spacial score (nSPS) is 17.8. The molecule has 1 amide bonds. The number of hydrogen-bond acceptors (Lipinski definition) is 17. The van der Waals surface area contributed by atoms with Crippen LogP contribution < -0.4 is 31.5 Å². The number of carbonyl (C=O) groups is 1. The molecule has 1 aliphatic heterocycles. The molecule has 1 aromatic carbocycles.